The molecule has 20 heavy (non-hydrogen) atoms. The van der Waals surface area contributed by atoms with Crippen molar-refractivity contribution in [3.63, 3.8) is 0 Å². The average Bonchev–Trinajstić information content (AvgIpc) is 2.73. The van der Waals surface area contributed by atoms with Crippen LogP contribution in [0.2, 0.25) is 0 Å². The highest BCUT2D eigenvalue weighted by Gasteiger charge is 2.19. The van der Waals surface area contributed by atoms with E-state index < -0.39 is 0 Å². The fourth-order valence-corrected chi connectivity index (χ4v) is 2.62. The van der Waals surface area contributed by atoms with E-state index in [1.165, 1.54) is 27.9 Å². The van der Waals surface area contributed by atoms with Crippen LogP contribution in [-0.2, 0) is 7.05 Å². The maximum atomic E-state index is 4.39. The molecule has 1 unspecified atom stereocenters. The van der Waals surface area contributed by atoms with Crippen LogP contribution in [0.15, 0.2) is 24.4 Å². The first-order valence-electron chi connectivity index (χ1n) is 7.33. The molecule has 0 fully saturated rings. The van der Waals surface area contributed by atoms with Crippen LogP contribution in [0.5, 0.6) is 0 Å². The molecule has 0 bridgehead atoms. The summed E-state index contributed by atoms with van der Waals surface area (Å²) in [5.41, 5.74) is 6.48. The predicted octanol–water partition coefficient (Wildman–Crippen LogP) is 3.43. The zero-order valence-corrected chi connectivity index (χ0v) is 13.2. The molecule has 1 aromatic heterocycles. The minimum absolute atomic E-state index is 0.226. The van der Waals surface area contributed by atoms with Gasteiger partial charge in [0.1, 0.15) is 0 Å². The lowest BCUT2D eigenvalue weighted by Crippen LogP contribution is -2.24. The molecule has 0 aliphatic heterocycles. The van der Waals surface area contributed by atoms with E-state index in [0.717, 1.165) is 13.0 Å². The molecule has 0 saturated heterocycles. The molecule has 0 aliphatic rings. The molecule has 0 amide bonds. The van der Waals surface area contributed by atoms with Crippen molar-refractivity contribution in [1.82, 2.24) is 15.1 Å². The zero-order valence-electron chi connectivity index (χ0n) is 13.2. The Morgan fingerprint density at radius 1 is 1.20 bits per heavy atom. The summed E-state index contributed by atoms with van der Waals surface area (Å²) in [5, 5.41) is 8.06. The molecule has 1 atom stereocenters. The first-order chi connectivity index (χ1) is 9.54. The number of aromatic nitrogens is 2. The number of nitrogens with one attached hydrogen (secondary N) is 1. The molecule has 2 rings (SSSR count). The summed E-state index contributed by atoms with van der Waals surface area (Å²) in [4.78, 5) is 0. The van der Waals surface area contributed by atoms with Crippen molar-refractivity contribution in [3.05, 3.63) is 52.3 Å². The highest BCUT2D eigenvalue weighted by Crippen LogP contribution is 2.27. The molecule has 1 aromatic carbocycles. The number of hydrogen-bond donors (Lipinski definition) is 1. The monoisotopic (exact) mass is 271 g/mol. The lowest BCUT2D eigenvalue weighted by molar-refractivity contribution is 0.592. The smallest absolute Gasteiger partial charge is 0.0613 e. The third kappa shape index (κ3) is 2.93. The fourth-order valence-electron chi connectivity index (χ4n) is 2.62. The van der Waals surface area contributed by atoms with E-state index in [0.29, 0.717) is 0 Å². The second kappa shape index (κ2) is 6.23. The number of rotatable bonds is 5. The van der Waals surface area contributed by atoms with Gasteiger partial charge in [-0.05, 0) is 44.9 Å². The molecule has 3 nitrogen and oxygen atoms in total. The van der Waals surface area contributed by atoms with Gasteiger partial charge >= 0.3 is 0 Å². The Hall–Kier alpha value is -1.61. The molecule has 1 heterocycles. The maximum Gasteiger partial charge on any atom is 0.0613 e. The van der Waals surface area contributed by atoms with Gasteiger partial charge in [-0.3, -0.25) is 4.68 Å². The third-order valence-corrected chi connectivity index (χ3v) is 3.92. The molecule has 108 valence electrons. The largest absolute Gasteiger partial charge is 0.306 e. The van der Waals surface area contributed by atoms with Crippen molar-refractivity contribution >= 4 is 0 Å². The molecule has 0 radical (unpaired) electrons. The molecular formula is C17H25N3. The van der Waals surface area contributed by atoms with Crippen LogP contribution >= 0.6 is 0 Å². The second-order valence-electron chi connectivity index (χ2n) is 5.56. The Labute approximate surface area is 122 Å². The molecule has 3 heteroatoms. The molecule has 0 aliphatic carbocycles. The highest BCUT2D eigenvalue weighted by atomic mass is 15.3. The quantitative estimate of drug-likeness (QED) is 0.903. The van der Waals surface area contributed by atoms with Gasteiger partial charge in [-0.25, -0.2) is 0 Å². The first-order valence-corrected chi connectivity index (χ1v) is 7.33. The van der Waals surface area contributed by atoms with Gasteiger partial charge in [-0.15, -0.1) is 0 Å². The number of hydrogen-bond acceptors (Lipinski definition) is 2. The second-order valence-corrected chi connectivity index (χ2v) is 5.56. The zero-order chi connectivity index (χ0) is 14.7. The summed E-state index contributed by atoms with van der Waals surface area (Å²) in [7, 11) is 2.00. The van der Waals surface area contributed by atoms with Crippen LogP contribution in [0.3, 0.4) is 0 Å². The lowest BCUT2D eigenvalue weighted by Gasteiger charge is -2.21. The predicted molar refractivity (Wildman–Crippen MR) is 84.0 cm³/mol. The van der Waals surface area contributed by atoms with E-state index >= 15 is 0 Å². The van der Waals surface area contributed by atoms with Crippen LogP contribution < -0.4 is 5.32 Å². The first kappa shape index (κ1) is 14.8. The van der Waals surface area contributed by atoms with Gasteiger partial charge in [-0.2, -0.15) is 5.10 Å². The Morgan fingerprint density at radius 3 is 2.50 bits per heavy atom. The minimum Gasteiger partial charge on any atom is -0.306 e. The van der Waals surface area contributed by atoms with Crippen molar-refractivity contribution in [1.29, 1.82) is 0 Å². The van der Waals surface area contributed by atoms with Crippen LogP contribution in [-0.4, -0.2) is 16.3 Å². The molecule has 0 spiro atoms. The van der Waals surface area contributed by atoms with Crippen molar-refractivity contribution in [2.75, 3.05) is 6.54 Å². The number of benzene rings is 1. The van der Waals surface area contributed by atoms with E-state index in [-0.39, 0.29) is 6.04 Å². The summed E-state index contributed by atoms with van der Waals surface area (Å²) < 4.78 is 1.94. The van der Waals surface area contributed by atoms with Crippen LogP contribution in [0.25, 0.3) is 0 Å². The van der Waals surface area contributed by atoms with Crippen molar-refractivity contribution < 1.29 is 0 Å². The fraction of sp³-hybridized carbons (Fsp3) is 0.471. The number of aryl methyl sites for hydroxylation is 3. The van der Waals surface area contributed by atoms with Gasteiger partial charge < -0.3 is 5.32 Å². The van der Waals surface area contributed by atoms with Crippen molar-refractivity contribution in [2.24, 2.45) is 7.05 Å². The SMILES string of the molecule is CCCNC(c1ccc(C)cc1C)c1cnn(C)c1C. The molecule has 1 N–H and O–H groups in total. The van der Waals surface area contributed by atoms with Gasteiger partial charge in [0.05, 0.1) is 12.2 Å². The summed E-state index contributed by atoms with van der Waals surface area (Å²) in [6.07, 6.45) is 3.11. The Balaban J connectivity index is 2.44. The van der Waals surface area contributed by atoms with E-state index in [2.05, 4.69) is 56.3 Å². The van der Waals surface area contributed by atoms with Gasteiger partial charge in [0, 0.05) is 18.3 Å². The molecule has 2 aromatic rings. The van der Waals surface area contributed by atoms with E-state index in [4.69, 9.17) is 0 Å². The summed E-state index contributed by atoms with van der Waals surface area (Å²) in [6, 6.07) is 6.91. The normalized spacial score (nSPS) is 12.7. The third-order valence-electron chi connectivity index (χ3n) is 3.92. The van der Waals surface area contributed by atoms with Crippen LogP contribution in [0.1, 0.15) is 47.3 Å². The van der Waals surface area contributed by atoms with Gasteiger partial charge in [0.25, 0.3) is 0 Å². The highest BCUT2D eigenvalue weighted by molar-refractivity contribution is 5.39. The Morgan fingerprint density at radius 2 is 1.95 bits per heavy atom. The standard InChI is InChI=1S/C17H25N3/c1-6-9-18-17(16-11-19-20(5)14(16)4)15-8-7-12(2)10-13(15)3/h7-8,10-11,17-18H,6,9H2,1-5H3. The van der Waals surface area contributed by atoms with Gasteiger partial charge in [-0.1, -0.05) is 30.7 Å². The lowest BCUT2D eigenvalue weighted by atomic mass is 9.94. The van der Waals surface area contributed by atoms with E-state index in [1.807, 2.05) is 17.9 Å². The van der Waals surface area contributed by atoms with Crippen LogP contribution in [0, 0.1) is 20.8 Å². The van der Waals surface area contributed by atoms with Crippen molar-refractivity contribution in [2.45, 2.75) is 40.2 Å². The van der Waals surface area contributed by atoms with Gasteiger partial charge in [0.15, 0.2) is 0 Å². The van der Waals surface area contributed by atoms with E-state index in [1.54, 1.807) is 0 Å². The molecule has 0 saturated carbocycles. The minimum atomic E-state index is 0.226. The average molecular weight is 271 g/mol. The Bertz CT molecular complexity index is 584. The number of nitrogens with zero attached hydrogens (tertiary/aromatic N) is 2. The Kier molecular flexibility index (Phi) is 4.61. The summed E-state index contributed by atoms with van der Waals surface area (Å²) in [6.45, 7) is 9.66. The maximum absolute atomic E-state index is 4.39. The van der Waals surface area contributed by atoms with Crippen molar-refractivity contribution in [3.8, 4) is 0 Å². The topological polar surface area (TPSA) is 29.9 Å². The summed E-state index contributed by atoms with van der Waals surface area (Å²) >= 11 is 0. The molecular weight excluding hydrogens is 246 g/mol. The summed E-state index contributed by atoms with van der Waals surface area (Å²) in [5.74, 6) is 0. The van der Waals surface area contributed by atoms with Crippen LogP contribution in [0.4, 0.5) is 0 Å². The van der Waals surface area contributed by atoms with Gasteiger partial charge in [0.2, 0.25) is 0 Å². The van der Waals surface area contributed by atoms with E-state index in [9.17, 15) is 0 Å².